The summed E-state index contributed by atoms with van der Waals surface area (Å²) in [6.07, 6.45) is -4.27. The predicted molar refractivity (Wildman–Crippen MR) is 130 cm³/mol. The van der Waals surface area contributed by atoms with Gasteiger partial charge in [0.1, 0.15) is 11.2 Å². The first-order chi connectivity index (χ1) is 17.4. The van der Waals surface area contributed by atoms with Gasteiger partial charge in [-0.1, -0.05) is 35.8 Å². The van der Waals surface area contributed by atoms with Crippen LogP contribution in [0.2, 0.25) is 5.02 Å². The van der Waals surface area contributed by atoms with E-state index < -0.39 is 27.7 Å². The van der Waals surface area contributed by atoms with E-state index >= 15 is 0 Å². The van der Waals surface area contributed by atoms with Crippen molar-refractivity contribution in [3.8, 4) is 11.5 Å². The average molecular weight is 553 g/mol. The van der Waals surface area contributed by atoms with Crippen LogP contribution in [0.4, 0.5) is 13.2 Å². The summed E-state index contributed by atoms with van der Waals surface area (Å²) in [6.45, 7) is 1.49. The second kappa shape index (κ2) is 8.84. The van der Waals surface area contributed by atoms with Crippen molar-refractivity contribution in [3.05, 3.63) is 58.5 Å². The Hall–Kier alpha value is -3.45. The van der Waals surface area contributed by atoms with Crippen molar-refractivity contribution in [3.63, 3.8) is 0 Å². The molecule has 0 amide bonds. The minimum absolute atomic E-state index is 0.00282. The monoisotopic (exact) mass is 552 g/mol. The Labute approximate surface area is 214 Å². The normalized spacial score (nSPS) is 16.3. The number of nitrogens with zero attached hydrogens (tertiary/aromatic N) is 6. The summed E-state index contributed by atoms with van der Waals surface area (Å²) >= 11 is 5.96. The summed E-state index contributed by atoms with van der Waals surface area (Å²) in [7, 11) is -0.754. The summed E-state index contributed by atoms with van der Waals surface area (Å²) in [4.78, 5) is 18.4. The van der Waals surface area contributed by atoms with Crippen LogP contribution in [-0.4, -0.2) is 44.0 Å². The number of sulfone groups is 1. The molecule has 194 valence electrons. The maximum Gasteiger partial charge on any atom is 0.417 e. The SMILES string of the molecule is CCS(=O)(=O)c1c(-c2nc3cc(C(F)(F)F)cnc3n2C)nc(C2CC(c3ccc(Cl)cc3)=NO2)n1C. The number of pyridine rings is 1. The summed E-state index contributed by atoms with van der Waals surface area (Å²) in [5, 5.41) is 4.60. The summed E-state index contributed by atoms with van der Waals surface area (Å²) in [5.74, 6) is 0.121. The number of fused-ring (bicyclic) bond motifs is 1. The van der Waals surface area contributed by atoms with Crippen LogP contribution in [0, 0.1) is 0 Å². The second-order valence-electron chi connectivity index (χ2n) is 8.49. The highest BCUT2D eigenvalue weighted by molar-refractivity contribution is 7.91. The summed E-state index contributed by atoms with van der Waals surface area (Å²) in [5.41, 5.74) is 0.587. The van der Waals surface area contributed by atoms with Crippen LogP contribution in [0.25, 0.3) is 22.7 Å². The van der Waals surface area contributed by atoms with Crippen LogP contribution in [0.3, 0.4) is 0 Å². The third kappa shape index (κ3) is 4.35. The lowest BCUT2D eigenvalue weighted by atomic mass is 10.0. The Morgan fingerprint density at radius 1 is 1.14 bits per heavy atom. The molecule has 14 heteroatoms. The summed E-state index contributed by atoms with van der Waals surface area (Å²) in [6, 6.07) is 7.91. The quantitative estimate of drug-likeness (QED) is 0.355. The first-order valence-corrected chi connectivity index (χ1v) is 13.1. The highest BCUT2D eigenvalue weighted by Gasteiger charge is 2.36. The van der Waals surface area contributed by atoms with Gasteiger partial charge in [0.25, 0.3) is 0 Å². The fourth-order valence-corrected chi connectivity index (χ4v) is 5.54. The van der Waals surface area contributed by atoms with E-state index in [9.17, 15) is 21.6 Å². The predicted octanol–water partition coefficient (Wildman–Crippen LogP) is 4.70. The Morgan fingerprint density at radius 3 is 2.49 bits per heavy atom. The number of benzene rings is 1. The Balaban J connectivity index is 1.61. The maximum atomic E-state index is 13.2. The minimum Gasteiger partial charge on any atom is -0.384 e. The van der Waals surface area contributed by atoms with Crippen LogP contribution in [0.15, 0.2) is 46.7 Å². The number of halogens is 4. The molecule has 1 atom stereocenters. The van der Waals surface area contributed by atoms with Crippen molar-refractivity contribution in [2.24, 2.45) is 19.3 Å². The molecule has 1 aromatic carbocycles. The maximum absolute atomic E-state index is 13.2. The van der Waals surface area contributed by atoms with Gasteiger partial charge in [-0.2, -0.15) is 13.2 Å². The van der Waals surface area contributed by atoms with Crippen LogP contribution in [0.1, 0.15) is 36.4 Å². The van der Waals surface area contributed by atoms with E-state index in [2.05, 4.69) is 20.1 Å². The van der Waals surface area contributed by atoms with Crippen molar-refractivity contribution in [1.29, 1.82) is 0 Å². The first-order valence-electron chi connectivity index (χ1n) is 11.1. The van der Waals surface area contributed by atoms with Crippen molar-refractivity contribution in [2.75, 3.05) is 5.75 Å². The Morgan fingerprint density at radius 2 is 1.84 bits per heavy atom. The number of aromatic nitrogens is 5. The van der Waals surface area contributed by atoms with Gasteiger partial charge in [-0.05, 0) is 23.8 Å². The zero-order valence-corrected chi connectivity index (χ0v) is 21.4. The fourth-order valence-electron chi connectivity index (χ4n) is 4.20. The van der Waals surface area contributed by atoms with Gasteiger partial charge in [-0.15, -0.1) is 0 Å². The van der Waals surface area contributed by atoms with Crippen LogP contribution in [0.5, 0.6) is 0 Å². The lowest BCUT2D eigenvalue weighted by Crippen LogP contribution is -2.14. The van der Waals surface area contributed by atoms with Gasteiger partial charge in [0.05, 0.1) is 17.0 Å². The molecule has 37 heavy (non-hydrogen) atoms. The number of hydrogen-bond donors (Lipinski definition) is 0. The summed E-state index contributed by atoms with van der Waals surface area (Å²) < 4.78 is 68.7. The van der Waals surface area contributed by atoms with Gasteiger partial charge in [0.15, 0.2) is 38.3 Å². The van der Waals surface area contributed by atoms with Gasteiger partial charge in [0, 0.05) is 31.7 Å². The standard InChI is InChI=1S/C23H20ClF3N6O3S/c1-4-37(34,35)22-18(21-29-16-9-13(23(25,26)27)11-28-19(16)32(21)2)30-20(33(22)3)17-10-15(31-36-17)12-5-7-14(24)8-6-12/h5-9,11,17H,4,10H2,1-3H3. The number of rotatable bonds is 5. The molecule has 0 aliphatic carbocycles. The van der Waals surface area contributed by atoms with E-state index in [4.69, 9.17) is 16.4 Å². The molecule has 0 fully saturated rings. The number of alkyl halides is 3. The van der Waals surface area contributed by atoms with E-state index in [1.54, 1.807) is 31.3 Å². The van der Waals surface area contributed by atoms with Crippen LogP contribution in [-0.2, 0) is 34.9 Å². The molecule has 5 rings (SSSR count). The highest BCUT2D eigenvalue weighted by Crippen LogP contribution is 2.36. The van der Waals surface area contributed by atoms with Crippen LogP contribution < -0.4 is 0 Å². The number of oxime groups is 1. The van der Waals surface area contributed by atoms with Gasteiger partial charge in [-0.25, -0.2) is 23.4 Å². The zero-order valence-electron chi connectivity index (χ0n) is 19.8. The van der Waals surface area contributed by atoms with Gasteiger partial charge < -0.3 is 14.0 Å². The number of imidazole rings is 2. The average Bonchev–Trinajstić information content (AvgIpc) is 3.55. The lowest BCUT2D eigenvalue weighted by molar-refractivity contribution is -0.137. The molecule has 4 heterocycles. The van der Waals surface area contributed by atoms with E-state index in [0.29, 0.717) is 23.4 Å². The van der Waals surface area contributed by atoms with E-state index in [-0.39, 0.29) is 39.3 Å². The van der Waals surface area contributed by atoms with Gasteiger partial charge in [0.2, 0.25) is 0 Å². The van der Waals surface area contributed by atoms with Crippen molar-refractivity contribution in [2.45, 2.75) is 30.7 Å². The van der Waals surface area contributed by atoms with Crippen molar-refractivity contribution < 1.29 is 26.4 Å². The molecule has 0 radical (unpaired) electrons. The molecule has 9 nitrogen and oxygen atoms in total. The largest absolute Gasteiger partial charge is 0.417 e. The topological polar surface area (TPSA) is 104 Å². The molecular weight excluding hydrogens is 533 g/mol. The van der Waals surface area contributed by atoms with E-state index in [1.165, 1.54) is 23.1 Å². The zero-order chi connectivity index (χ0) is 26.7. The molecule has 0 N–H and O–H groups in total. The molecule has 0 saturated carbocycles. The Kier molecular flexibility index (Phi) is 6.02. The molecule has 1 aliphatic heterocycles. The second-order valence-corrected chi connectivity index (χ2v) is 11.1. The van der Waals surface area contributed by atoms with E-state index in [0.717, 1.165) is 11.6 Å². The molecular formula is C23H20ClF3N6O3S. The van der Waals surface area contributed by atoms with Crippen LogP contribution >= 0.6 is 11.6 Å². The molecule has 0 spiro atoms. The lowest BCUT2D eigenvalue weighted by Gasteiger charge is -2.10. The molecule has 4 aromatic rings. The smallest absolute Gasteiger partial charge is 0.384 e. The third-order valence-corrected chi connectivity index (χ3v) is 8.20. The molecule has 0 saturated heterocycles. The third-order valence-electron chi connectivity index (χ3n) is 6.13. The first kappa shape index (κ1) is 25.2. The molecule has 3 aromatic heterocycles. The van der Waals surface area contributed by atoms with E-state index in [1.807, 2.05) is 0 Å². The van der Waals surface area contributed by atoms with Crippen molar-refractivity contribution in [1.82, 2.24) is 24.1 Å². The minimum atomic E-state index is -4.60. The Bertz CT molecular complexity index is 1660. The highest BCUT2D eigenvalue weighted by atomic mass is 35.5. The van der Waals surface area contributed by atoms with Crippen molar-refractivity contribution >= 4 is 38.3 Å². The van der Waals surface area contributed by atoms with Gasteiger partial charge in [-0.3, -0.25) is 0 Å². The molecule has 1 unspecified atom stereocenters. The molecule has 0 bridgehead atoms. The number of aryl methyl sites for hydroxylation is 1. The van der Waals surface area contributed by atoms with Gasteiger partial charge >= 0.3 is 6.18 Å². The number of hydrogen-bond acceptors (Lipinski definition) is 7. The molecule has 1 aliphatic rings. The fraction of sp³-hybridized carbons (Fsp3) is 0.304.